The van der Waals surface area contributed by atoms with Gasteiger partial charge in [0.25, 0.3) is 10.0 Å². The largest absolute Gasteiger partial charge is 0.506 e. The highest BCUT2D eigenvalue weighted by Gasteiger charge is 2.30. The van der Waals surface area contributed by atoms with Gasteiger partial charge in [-0.25, -0.2) is 22.7 Å². The van der Waals surface area contributed by atoms with Crippen molar-refractivity contribution in [2.45, 2.75) is 23.9 Å². The van der Waals surface area contributed by atoms with Crippen LogP contribution < -0.4 is 25.4 Å². The Hall–Kier alpha value is -5.03. The van der Waals surface area contributed by atoms with E-state index >= 15 is 0 Å². The number of aryl methyl sites for hydroxylation is 1. The Labute approximate surface area is 238 Å². The minimum absolute atomic E-state index is 0.0651. The third-order valence-corrected chi connectivity index (χ3v) is 7.58. The highest BCUT2D eigenvalue weighted by atomic mass is 32.2. The summed E-state index contributed by atoms with van der Waals surface area (Å²) in [7, 11) is -2.71. The summed E-state index contributed by atoms with van der Waals surface area (Å²) in [4.78, 5) is 26.3. The van der Waals surface area contributed by atoms with Crippen LogP contribution in [0, 0.1) is 6.92 Å². The average molecular weight is 575 g/mol. The number of carbonyl (C=O) groups is 2. The van der Waals surface area contributed by atoms with E-state index in [0.29, 0.717) is 16.9 Å². The predicted molar refractivity (Wildman–Crippen MR) is 155 cm³/mol. The van der Waals surface area contributed by atoms with E-state index in [0.717, 1.165) is 5.56 Å². The Balaban J connectivity index is 1.64. The van der Waals surface area contributed by atoms with Crippen LogP contribution >= 0.6 is 0 Å². The SMILES string of the molecule is COc1ccc(O)c(NC(=O)N[C@@H](c2ccccc2)[C@H](NC(=O)NS(=O)(=O)c2ccc(C)cc2)c2ccccc2)c1. The number of hydrogen-bond donors (Lipinski definition) is 5. The molecule has 0 unspecified atom stereocenters. The van der Waals surface area contributed by atoms with E-state index in [9.17, 15) is 23.1 Å². The van der Waals surface area contributed by atoms with Crippen LogP contribution in [0.5, 0.6) is 11.5 Å². The highest BCUT2D eigenvalue weighted by molar-refractivity contribution is 7.90. The number of nitrogens with one attached hydrogen (secondary N) is 4. The molecule has 0 aliphatic carbocycles. The predicted octanol–water partition coefficient (Wildman–Crippen LogP) is 5.00. The number of anilines is 1. The Kier molecular flexibility index (Phi) is 9.10. The number of phenolic OH excluding ortho intramolecular Hbond substituents is 1. The summed E-state index contributed by atoms with van der Waals surface area (Å²) in [5.41, 5.74) is 2.22. The molecule has 0 saturated heterocycles. The lowest BCUT2D eigenvalue weighted by molar-refractivity contribution is 0.232. The standard InChI is InChI=1S/C30H30N4O6S/c1-20-13-16-24(17-14-20)41(38,39)34-30(37)33-28(22-11-7-4-8-12-22)27(21-9-5-3-6-10-21)32-29(36)31-25-19-23(40-2)15-18-26(25)35/h3-19,27-28,35H,1-2H3,(H2,31,32,36)(H2,33,34,37)/t27-,28+/m0/s1. The molecule has 0 aliphatic heterocycles. The van der Waals surface area contributed by atoms with E-state index in [1.54, 1.807) is 78.9 Å². The number of rotatable bonds is 9. The van der Waals surface area contributed by atoms with Crippen molar-refractivity contribution in [2.75, 3.05) is 12.4 Å². The Bertz CT molecular complexity index is 1600. The second kappa shape index (κ2) is 12.9. The van der Waals surface area contributed by atoms with Gasteiger partial charge in [-0.2, -0.15) is 0 Å². The monoisotopic (exact) mass is 574 g/mol. The Morgan fingerprint density at radius 1 is 0.756 bits per heavy atom. The molecule has 4 aromatic carbocycles. The summed E-state index contributed by atoms with van der Waals surface area (Å²) in [5.74, 6) is 0.253. The maximum atomic E-state index is 13.2. The van der Waals surface area contributed by atoms with Crippen LogP contribution in [0.2, 0.25) is 0 Å². The second-order valence-electron chi connectivity index (χ2n) is 9.15. The lowest BCUT2D eigenvalue weighted by atomic mass is 9.93. The number of benzene rings is 4. The molecule has 2 atom stereocenters. The first-order valence-electron chi connectivity index (χ1n) is 12.6. The molecule has 4 rings (SSSR count). The van der Waals surface area contributed by atoms with E-state index < -0.39 is 34.2 Å². The van der Waals surface area contributed by atoms with Crippen LogP contribution in [-0.4, -0.2) is 32.7 Å². The number of urea groups is 2. The maximum Gasteiger partial charge on any atom is 0.329 e. The van der Waals surface area contributed by atoms with E-state index in [4.69, 9.17) is 4.74 Å². The molecule has 41 heavy (non-hydrogen) atoms. The molecule has 0 aliphatic rings. The van der Waals surface area contributed by atoms with Gasteiger partial charge in [-0.15, -0.1) is 0 Å². The summed E-state index contributed by atoms with van der Waals surface area (Å²) >= 11 is 0. The van der Waals surface area contributed by atoms with Crippen molar-refractivity contribution < 1.29 is 27.9 Å². The van der Waals surface area contributed by atoms with Gasteiger partial charge in [0.15, 0.2) is 0 Å². The molecule has 0 heterocycles. The van der Waals surface area contributed by atoms with Crippen molar-refractivity contribution in [3.05, 3.63) is 120 Å². The first-order chi connectivity index (χ1) is 19.7. The molecular weight excluding hydrogens is 544 g/mol. The van der Waals surface area contributed by atoms with Crippen molar-refractivity contribution in [3.63, 3.8) is 0 Å². The quantitative estimate of drug-likeness (QED) is 0.178. The number of amides is 4. The molecule has 0 saturated carbocycles. The first-order valence-corrected chi connectivity index (χ1v) is 14.1. The lowest BCUT2D eigenvalue weighted by Gasteiger charge is -2.30. The van der Waals surface area contributed by atoms with Crippen LogP contribution in [0.1, 0.15) is 28.8 Å². The first kappa shape index (κ1) is 29.0. The maximum absolute atomic E-state index is 13.2. The zero-order chi connectivity index (χ0) is 29.4. The van der Waals surface area contributed by atoms with Crippen molar-refractivity contribution in [2.24, 2.45) is 0 Å². The van der Waals surface area contributed by atoms with Gasteiger partial charge in [-0.1, -0.05) is 78.4 Å². The minimum Gasteiger partial charge on any atom is -0.506 e. The zero-order valence-corrected chi connectivity index (χ0v) is 23.2. The minimum atomic E-state index is -4.17. The van der Waals surface area contributed by atoms with Crippen LogP contribution in [0.4, 0.5) is 15.3 Å². The van der Waals surface area contributed by atoms with E-state index in [2.05, 4.69) is 20.7 Å². The topological polar surface area (TPSA) is 146 Å². The fourth-order valence-electron chi connectivity index (χ4n) is 4.15. The van der Waals surface area contributed by atoms with Gasteiger partial charge in [0, 0.05) is 6.07 Å². The number of methoxy groups -OCH3 is 1. The summed E-state index contributed by atoms with van der Waals surface area (Å²) in [6.45, 7) is 1.82. The molecule has 0 fully saturated rings. The molecule has 11 heteroatoms. The number of hydrogen-bond acceptors (Lipinski definition) is 6. The Morgan fingerprint density at radius 3 is 1.83 bits per heavy atom. The molecule has 0 aromatic heterocycles. The molecule has 212 valence electrons. The fraction of sp³-hybridized carbons (Fsp3) is 0.133. The molecular formula is C30H30N4O6S. The van der Waals surface area contributed by atoms with Crippen molar-refractivity contribution >= 4 is 27.8 Å². The summed E-state index contributed by atoms with van der Waals surface area (Å²) < 4.78 is 33.0. The van der Waals surface area contributed by atoms with E-state index in [1.165, 1.54) is 31.4 Å². The van der Waals surface area contributed by atoms with Crippen molar-refractivity contribution in [3.8, 4) is 11.5 Å². The van der Waals surface area contributed by atoms with E-state index in [-0.39, 0.29) is 16.3 Å². The number of ether oxygens (including phenoxy) is 1. The van der Waals surface area contributed by atoms with Gasteiger partial charge in [0.05, 0.1) is 29.8 Å². The van der Waals surface area contributed by atoms with Gasteiger partial charge in [0.1, 0.15) is 11.5 Å². The highest BCUT2D eigenvalue weighted by Crippen LogP contribution is 2.31. The summed E-state index contributed by atoms with van der Waals surface area (Å²) in [5, 5.41) is 18.4. The molecule has 0 spiro atoms. The van der Waals surface area contributed by atoms with Gasteiger partial charge >= 0.3 is 12.1 Å². The second-order valence-corrected chi connectivity index (χ2v) is 10.8. The number of sulfonamides is 1. The third-order valence-electron chi connectivity index (χ3n) is 6.23. The van der Waals surface area contributed by atoms with Crippen molar-refractivity contribution in [1.82, 2.24) is 15.4 Å². The van der Waals surface area contributed by atoms with Crippen LogP contribution in [0.3, 0.4) is 0 Å². The number of phenols is 1. The zero-order valence-electron chi connectivity index (χ0n) is 22.4. The summed E-state index contributed by atoms with van der Waals surface area (Å²) in [6.07, 6.45) is 0. The van der Waals surface area contributed by atoms with Crippen LogP contribution in [-0.2, 0) is 10.0 Å². The van der Waals surface area contributed by atoms with Crippen molar-refractivity contribution in [1.29, 1.82) is 0 Å². The van der Waals surface area contributed by atoms with Gasteiger partial charge in [0.2, 0.25) is 0 Å². The third kappa shape index (κ3) is 7.55. The van der Waals surface area contributed by atoms with Crippen LogP contribution in [0.15, 0.2) is 108 Å². The van der Waals surface area contributed by atoms with Crippen LogP contribution in [0.25, 0.3) is 0 Å². The number of carbonyl (C=O) groups excluding carboxylic acids is 2. The molecule has 5 N–H and O–H groups in total. The molecule has 0 radical (unpaired) electrons. The van der Waals surface area contributed by atoms with Gasteiger partial charge < -0.3 is 25.8 Å². The van der Waals surface area contributed by atoms with Gasteiger partial charge in [-0.05, 0) is 42.3 Å². The normalized spacial score (nSPS) is 12.4. The molecule has 0 bridgehead atoms. The Morgan fingerprint density at radius 2 is 1.29 bits per heavy atom. The molecule has 10 nitrogen and oxygen atoms in total. The van der Waals surface area contributed by atoms with Gasteiger partial charge in [-0.3, -0.25) is 0 Å². The lowest BCUT2D eigenvalue weighted by Crippen LogP contribution is -2.46. The fourth-order valence-corrected chi connectivity index (χ4v) is 5.07. The molecule has 4 aromatic rings. The average Bonchev–Trinajstić information content (AvgIpc) is 2.97. The molecule has 4 amide bonds. The summed E-state index contributed by atoms with van der Waals surface area (Å²) in [6, 6.07) is 24.8. The number of aromatic hydroxyl groups is 1. The smallest absolute Gasteiger partial charge is 0.329 e. The van der Waals surface area contributed by atoms with E-state index in [1.807, 2.05) is 6.92 Å².